The molecule has 2 bridgehead atoms. The van der Waals surface area contributed by atoms with E-state index in [0.29, 0.717) is 10.1 Å². The SMILES string of the molecule is Cc1cc(C)cc(N2C(=S)N[C@@H]3C[C@@]2(C)Oc2c(Cl)cccc23)c1. The highest BCUT2D eigenvalue weighted by atomic mass is 35.5. The molecule has 0 unspecified atom stereocenters. The number of ether oxygens (including phenoxy) is 1. The van der Waals surface area contributed by atoms with Crippen molar-refractivity contribution in [1.29, 1.82) is 0 Å². The van der Waals surface area contributed by atoms with E-state index in [4.69, 9.17) is 28.6 Å². The van der Waals surface area contributed by atoms with Crippen molar-refractivity contribution in [2.75, 3.05) is 4.90 Å². The number of anilines is 1. The van der Waals surface area contributed by atoms with Gasteiger partial charge in [0.1, 0.15) is 5.75 Å². The lowest BCUT2D eigenvalue weighted by molar-refractivity contribution is 0.0499. The molecule has 1 saturated heterocycles. The van der Waals surface area contributed by atoms with Crippen molar-refractivity contribution in [2.45, 2.75) is 39.0 Å². The summed E-state index contributed by atoms with van der Waals surface area (Å²) in [6.07, 6.45) is 0.799. The zero-order chi connectivity index (χ0) is 17.1. The molecule has 24 heavy (non-hydrogen) atoms. The molecule has 0 radical (unpaired) electrons. The summed E-state index contributed by atoms with van der Waals surface area (Å²) in [5.41, 5.74) is 3.95. The fraction of sp³-hybridized carbons (Fsp3) is 0.316. The smallest absolute Gasteiger partial charge is 0.188 e. The van der Waals surface area contributed by atoms with Gasteiger partial charge in [-0.15, -0.1) is 0 Å². The van der Waals surface area contributed by atoms with Crippen molar-refractivity contribution in [3.05, 3.63) is 58.1 Å². The van der Waals surface area contributed by atoms with Crippen LogP contribution < -0.4 is 15.0 Å². The summed E-state index contributed by atoms with van der Waals surface area (Å²) in [6, 6.07) is 12.4. The van der Waals surface area contributed by atoms with Crippen molar-refractivity contribution < 1.29 is 4.74 Å². The summed E-state index contributed by atoms with van der Waals surface area (Å²) >= 11 is 12.1. The topological polar surface area (TPSA) is 24.5 Å². The second-order valence-electron chi connectivity index (χ2n) is 6.82. The molecule has 0 spiro atoms. The zero-order valence-corrected chi connectivity index (χ0v) is 15.5. The van der Waals surface area contributed by atoms with Crippen molar-refractivity contribution in [3.8, 4) is 5.75 Å². The molecule has 0 saturated carbocycles. The number of hydrogen-bond acceptors (Lipinski definition) is 2. The second-order valence-corrected chi connectivity index (χ2v) is 7.62. The van der Waals surface area contributed by atoms with Crippen molar-refractivity contribution in [1.82, 2.24) is 5.32 Å². The Morgan fingerprint density at radius 2 is 1.96 bits per heavy atom. The third-order valence-electron chi connectivity index (χ3n) is 4.72. The molecule has 0 amide bonds. The van der Waals surface area contributed by atoms with Gasteiger partial charge in [0.15, 0.2) is 10.8 Å². The maximum atomic E-state index is 6.40. The van der Waals surface area contributed by atoms with Gasteiger partial charge >= 0.3 is 0 Å². The van der Waals surface area contributed by atoms with E-state index in [2.05, 4.69) is 49.2 Å². The van der Waals surface area contributed by atoms with Crippen LogP contribution in [-0.4, -0.2) is 10.8 Å². The molecule has 2 heterocycles. The number of nitrogens with one attached hydrogen (secondary N) is 1. The molecule has 124 valence electrons. The van der Waals surface area contributed by atoms with Crippen molar-refractivity contribution in [3.63, 3.8) is 0 Å². The largest absolute Gasteiger partial charge is 0.466 e. The molecule has 3 nitrogen and oxygen atoms in total. The monoisotopic (exact) mass is 358 g/mol. The summed E-state index contributed by atoms with van der Waals surface area (Å²) in [6.45, 7) is 6.27. The van der Waals surface area contributed by atoms with E-state index < -0.39 is 5.72 Å². The van der Waals surface area contributed by atoms with Crippen LogP contribution in [0.5, 0.6) is 5.75 Å². The quantitative estimate of drug-likeness (QED) is 0.733. The van der Waals surface area contributed by atoms with Gasteiger partial charge in [-0.2, -0.15) is 0 Å². The van der Waals surface area contributed by atoms with Gasteiger partial charge in [-0.05, 0) is 62.3 Å². The van der Waals surface area contributed by atoms with Crippen LogP contribution in [0.25, 0.3) is 0 Å². The number of fused-ring (bicyclic) bond motifs is 4. The van der Waals surface area contributed by atoms with Crippen molar-refractivity contribution >= 4 is 34.6 Å². The Morgan fingerprint density at radius 3 is 2.67 bits per heavy atom. The molecule has 5 heteroatoms. The highest BCUT2D eigenvalue weighted by Gasteiger charge is 2.48. The van der Waals surface area contributed by atoms with Crippen LogP contribution in [0.15, 0.2) is 36.4 Å². The maximum absolute atomic E-state index is 6.40. The van der Waals surface area contributed by atoms with Gasteiger partial charge in [-0.3, -0.25) is 4.90 Å². The summed E-state index contributed by atoms with van der Waals surface area (Å²) in [4.78, 5) is 2.07. The molecule has 2 aliphatic heterocycles. The van der Waals surface area contributed by atoms with Crippen molar-refractivity contribution in [2.24, 2.45) is 0 Å². The van der Waals surface area contributed by atoms with Gasteiger partial charge in [-0.1, -0.05) is 29.8 Å². The average Bonchev–Trinajstić information content (AvgIpc) is 2.46. The minimum Gasteiger partial charge on any atom is -0.466 e. The van der Waals surface area contributed by atoms with Gasteiger partial charge in [-0.25, -0.2) is 0 Å². The average molecular weight is 359 g/mol. The lowest BCUT2D eigenvalue weighted by atomic mass is 9.90. The first-order valence-electron chi connectivity index (χ1n) is 8.04. The molecule has 2 atom stereocenters. The Hall–Kier alpha value is -1.78. The minimum atomic E-state index is -0.564. The Kier molecular flexibility index (Phi) is 3.52. The molecule has 0 aliphatic carbocycles. The predicted molar refractivity (Wildman–Crippen MR) is 102 cm³/mol. The lowest BCUT2D eigenvalue weighted by Gasteiger charge is -2.52. The van der Waals surface area contributed by atoms with Crippen LogP contribution >= 0.6 is 23.8 Å². The first kappa shape index (κ1) is 15.7. The normalized spacial score (nSPS) is 24.9. The number of nitrogens with zero attached hydrogens (tertiary/aromatic N) is 1. The summed E-state index contributed by atoms with van der Waals surface area (Å²) in [5.74, 6) is 0.752. The Morgan fingerprint density at radius 1 is 1.25 bits per heavy atom. The highest BCUT2D eigenvalue weighted by Crippen LogP contribution is 2.48. The van der Waals surface area contributed by atoms with E-state index in [1.165, 1.54) is 11.1 Å². The van der Waals surface area contributed by atoms with Crippen LogP contribution in [0.2, 0.25) is 5.02 Å². The van der Waals surface area contributed by atoms with Crippen LogP contribution in [0.1, 0.15) is 36.1 Å². The van der Waals surface area contributed by atoms with E-state index in [0.717, 1.165) is 23.4 Å². The number of thiocarbonyl (C=S) groups is 1. The van der Waals surface area contributed by atoms with Crippen LogP contribution in [0.4, 0.5) is 5.69 Å². The number of para-hydroxylation sites is 1. The number of benzene rings is 2. The van der Waals surface area contributed by atoms with E-state index in [9.17, 15) is 0 Å². The lowest BCUT2D eigenvalue weighted by Crippen LogP contribution is -2.65. The van der Waals surface area contributed by atoms with Gasteiger partial charge in [0.2, 0.25) is 0 Å². The van der Waals surface area contributed by atoms with E-state index in [-0.39, 0.29) is 6.04 Å². The summed E-state index contributed by atoms with van der Waals surface area (Å²) in [5, 5.41) is 4.78. The van der Waals surface area contributed by atoms with Gasteiger partial charge < -0.3 is 10.1 Å². The molecule has 1 fully saturated rings. The third-order valence-corrected chi connectivity index (χ3v) is 5.31. The molecule has 4 rings (SSSR count). The molecule has 1 N–H and O–H groups in total. The van der Waals surface area contributed by atoms with Crippen LogP contribution in [0, 0.1) is 13.8 Å². The van der Waals surface area contributed by atoms with Gasteiger partial charge in [0, 0.05) is 17.7 Å². The fourth-order valence-electron chi connectivity index (χ4n) is 3.82. The Balaban J connectivity index is 1.84. The first-order valence-corrected chi connectivity index (χ1v) is 8.82. The van der Waals surface area contributed by atoms with E-state index >= 15 is 0 Å². The Labute approximate surface area is 152 Å². The number of hydrogen-bond donors (Lipinski definition) is 1. The van der Waals surface area contributed by atoms with Crippen LogP contribution in [-0.2, 0) is 0 Å². The van der Waals surface area contributed by atoms with Crippen LogP contribution in [0.3, 0.4) is 0 Å². The second kappa shape index (κ2) is 5.36. The third kappa shape index (κ3) is 2.36. The summed E-state index contributed by atoms with van der Waals surface area (Å²) < 4.78 is 6.40. The molecular formula is C19H19ClN2OS. The molecule has 2 aliphatic rings. The van der Waals surface area contributed by atoms with E-state index in [1.54, 1.807) is 0 Å². The number of aryl methyl sites for hydroxylation is 2. The number of rotatable bonds is 1. The fourth-order valence-corrected chi connectivity index (χ4v) is 4.48. The van der Waals surface area contributed by atoms with E-state index in [1.807, 2.05) is 18.2 Å². The molecule has 0 aromatic heterocycles. The van der Waals surface area contributed by atoms with Gasteiger partial charge in [0.05, 0.1) is 11.1 Å². The number of halogens is 1. The molecule has 2 aromatic rings. The Bertz CT molecular complexity index is 833. The van der Waals surface area contributed by atoms with Gasteiger partial charge in [0.25, 0.3) is 0 Å². The highest BCUT2D eigenvalue weighted by molar-refractivity contribution is 7.80. The maximum Gasteiger partial charge on any atom is 0.188 e. The molecule has 2 aromatic carbocycles. The summed E-state index contributed by atoms with van der Waals surface area (Å²) in [7, 11) is 0. The molecular weight excluding hydrogens is 340 g/mol. The first-order chi connectivity index (χ1) is 11.4. The zero-order valence-electron chi connectivity index (χ0n) is 13.9. The standard InChI is InChI=1S/C19H19ClN2OS/c1-11-7-12(2)9-13(8-11)22-18(24)21-16-10-19(22,3)23-17-14(16)5-4-6-15(17)20/h4-9,16H,10H2,1-3H3,(H,21,24)/t16-,19-/m1/s1. The minimum absolute atomic E-state index is 0.118. The predicted octanol–water partition coefficient (Wildman–Crippen LogP) is 4.89.